The van der Waals surface area contributed by atoms with Gasteiger partial charge in [0.15, 0.2) is 11.0 Å². The zero-order valence-electron chi connectivity index (χ0n) is 17.0. The molecule has 2 aromatic carbocycles. The molecule has 0 aliphatic heterocycles. The monoisotopic (exact) mass is 429 g/mol. The Balaban J connectivity index is 1.39. The summed E-state index contributed by atoms with van der Waals surface area (Å²) in [7, 11) is 0. The number of carbonyl (C=O) groups excluding carboxylic acids is 1. The highest BCUT2D eigenvalue weighted by molar-refractivity contribution is 7.99. The van der Waals surface area contributed by atoms with Gasteiger partial charge in [0.2, 0.25) is 5.91 Å². The van der Waals surface area contributed by atoms with Gasteiger partial charge in [-0.2, -0.15) is 0 Å². The molecule has 1 N–H and O–H groups in total. The van der Waals surface area contributed by atoms with E-state index in [0.717, 1.165) is 24.1 Å². The fraction of sp³-hybridized carbons (Fsp3) is 0.167. The lowest BCUT2D eigenvalue weighted by atomic mass is 10.1. The highest BCUT2D eigenvalue weighted by Gasteiger charge is 2.17. The minimum absolute atomic E-state index is 0.0106. The van der Waals surface area contributed by atoms with Gasteiger partial charge in [0.1, 0.15) is 0 Å². The summed E-state index contributed by atoms with van der Waals surface area (Å²) in [5.74, 6) is 0.970. The van der Waals surface area contributed by atoms with Crippen molar-refractivity contribution in [3.63, 3.8) is 0 Å². The van der Waals surface area contributed by atoms with Gasteiger partial charge >= 0.3 is 0 Å². The molecular weight excluding hydrogens is 406 g/mol. The second-order valence-electron chi connectivity index (χ2n) is 6.95. The van der Waals surface area contributed by atoms with Crippen LogP contribution in [0.5, 0.6) is 0 Å². The molecule has 1 amide bonds. The van der Waals surface area contributed by atoms with Gasteiger partial charge in [-0.05, 0) is 42.7 Å². The zero-order valence-corrected chi connectivity index (χ0v) is 17.8. The second-order valence-corrected chi connectivity index (χ2v) is 7.89. The molecule has 0 radical (unpaired) electrons. The third kappa shape index (κ3) is 5.58. The van der Waals surface area contributed by atoms with Crippen LogP contribution in [0.15, 0.2) is 90.3 Å². The molecular formula is C24H23N5OS. The van der Waals surface area contributed by atoms with Crippen LogP contribution >= 0.6 is 11.8 Å². The number of rotatable bonds is 9. The van der Waals surface area contributed by atoms with Gasteiger partial charge in [-0.1, -0.05) is 60.3 Å². The van der Waals surface area contributed by atoms with Crippen molar-refractivity contribution in [1.82, 2.24) is 25.1 Å². The second kappa shape index (κ2) is 10.5. The SMILES string of the molecule is O=C(CSc1nnc(-c2cccnc2)n1-c1ccccc1)NCCCc1ccccc1. The Labute approximate surface area is 185 Å². The first-order chi connectivity index (χ1) is 15.3. The number of aromatic nitrogens is 4. The molecule has 0 unspecified atom stereocenters. The standard InChI is InChI=1S/C24H23N5OS/c30-22(26-16-7-11-19-9-3-1-4-10-19)18-31-24-28-27-23(20-12-8-15-25-17-20)29(24)21-13-5-2-6-14-21/h1-6,8-10,12-15,17H,7,11,16,18H2,(H,26,30). The van der Waals surface area contributed by atoms with E-state index in [1.807, 2.05) is 65.2 Å². The number of nitrogens with one attached hydrogen (secondary N) is 1. The summed E-state index contributed by atoms with van der Waals surface area (Å²) in [6.07, 6.45) is 5.35. The fourth-order valence-corrected chi connectivity index (χ4v) is 3.98. The minimum atomic E-state index is -0.0106. The molecule has 0 saturated heterocycles. The smallest absolute Gasteiger partial charge is 0.230 e. The molecule has 0 fully saturated rings. The molecule has 2 heterocycles. The molecule has 31 heavy (non-hydrogen) atoms. The molecule has 0 atom stereocenters. The Hall–Kier alpha value is -3.45. The van der Waals surface area contributed by atoms with E-state index in [1.54, 1.807) is 12.4 Å². The first kappa shape index (κ1) is 20.8. The summed E-state index contributed by atoms with van der Waals surface area (Å²) in [4.78, 5) is 16.5. The van der Waals surface area contributed by atoms with Crippen molar-refractivity contribution in [2.75, 3.05) is 12.3 Å². The van der Waals surface area contributed by atoms with Crippen molar-refractivity contribution >= 4 is 17.7 Å². The van der Waals surface area contributed by atoms with E-state index in [-0.39, 0.29) is 11.7 Å². The number of para-hydroxylation sites is 1. The van der Waals surface area contributed by atoms with Crippen LogP contribution < -0.4 is 5.32 Å². The maximum absolute atomic E-state index is 12.4. The largest absolute Gasteiger partial charge is 0.355 e. The molecule has 2 aromatic heterocycles. The van der Waals surface area contributed by atoms with Crippen LogP contribution in [0.2, 0.25) is 0 Å². The molecule has 0 bridgehead atoms. The minimum Gasteiger partial charge on any atom is -0.355 e. The maximum atomic E-state index is 12.4. The lowest BCUT2D eigenvalue weighted by Crippen LogP contribution is -2.26. The Morgan fingerprint density at radius 2 is 1.71 bits per heavy atom. The number of hydrogen-bond donors (Lipinski definition) is 1. The first-order valence-corrected chi connectivity index (χ1v) is 11.1. The summed E-state index contributed by atoms with van der Waals surface area (Å²) in [6.45, 7) is 0.653. The molecule has 0 spiro atoms. The summed E-state index contributed by atoms with van der Waals surface area (Å²) >= 11 is 1.38. The van der Waals surface area contributed by atoms with Crippen LogP contribution in [0.25, 0.3) is 17.1 Å². The Morgan fingerprint density at radius 1 is 0.935 bits per heavy atom. The normalized spacial score (nSPS) is 10.7. The van der Waals surface area contributed by atoms with Crippen molar-refractivity contribution in [3.8, 4) is 17.1 Å². The van der Waals surface area contributed by atoms with Gasteiger partial charge in [-0.25, -0.2) is 0 Å². The highest BCUT2D eigenvalue weighted by atomic mass is 32.2. The summed E-state index contributed by atoms with van der Waals surface area (Å²) in [5, 5.41) is 12.4. The average Bonchev–Trinajstić information content (AvgIpc) is 3.26. The molecule has 4 rings (SSSR count). The lowest BCUT2D eigenvalue weighted by Gasteiger charge is -2.10. The van der Waals surface area contributed by atoms with E-state index in [1.165, 1.54) is 17.3 Å². The van der Waals surface area contributed by atoms with Crippen LogP contribution in [0.4, 0.5) is 0 Å². The van der Waals surface area contributed by atoms with Gasteiger partial charge in [0.05, 0.1) is 5.75 Å². The predicted octanol–water partition coefficient (Wildman–Crippen LogP) is 4.17. The van der Waals surface area contributed by atoms with Crippen molar-refractivity contribution in [3.05, 3.63) is 90.8 Å². The third-order valence-electron chi connectivity index (χ3n) is 4.71. The molecule has 4 aromatic rings. The Kier molecular flexibility index (Phi) is 7.08. The molecule has 0 aliphatic carbocycles. The van der Waals surface area contributed by atoms with Gasteiger partial charge in [-0.15, -0.1) is 10.2 Å². The van der Waals surface area contributed by atoms with Crippen molar-refractivity contribution < 1.29 is 4.79 Å². The summed E-state index contributed by atoms with van der Waals surface area (Å²) in [5.41, 5.74) is 3.10. The van der Waals surface area contributed by atoms with E-state index in [9.17, 15) is 4.79 Å². The number of amides is 1. The number of hydrogen-bond acceptors (Lipinski definition) is 5. The quantitative estimate of drug-likeness (QED) is 0.319. The molecule has 0 saturated carbocycles. The van der Waals surface area contributed by atoms with E-state index in [4.69, 9.17) is 0 Å². The van der Waals surface area contributed by atoms with Crippen LogP contribution in [-0.2, 0) is 11.2 Å². The summed E-state index contributed by atoms with van der Waals surface area (Å²) in [6, 6.07) is 24.0. The Morgan fingerprint density at radius 3 is 2.45 bits per heavy atom. The summed E-state index contributed by atoms with van der Waals surface area (Å²) < 4.78 is 1.96. The molecule has 0 aliphatic rings. The number of nitrogens with zero attached hydrogens (tertiary/aromatic N) is 4. The van der Waals surface area contributed by atoms with Crippen LogP contribution in [0.1, 0.15) is 12.0 Å². The number of carbonyl (C=O) groups is 1. The number of aryl methyl sites for hydroxylation is 1. The van der Waals surface area contributed by atoms with E-state index >= 15 is 0 Å². The van der Waals surface area contributed by atoms with E-state index in [2.05, 4.69) is 32.6 Å². The topological polar surface area (TPSA) is 72.7 Å². The van der Waals surface area contributed by atoms with Gasteiger partial charge in [0.25, 0.3) is 0 Å². The molecule has 6 nitrogen and oxygen atoms in total. The van der Waals surface area contributed by atoms with E-state index in [0.29, 0.717) is 17.5 Å². The fourth-order valence-electron chi connectivity index (χ4n) is 3.20. The van der Waals surface area contributed by atoms with Gasteiger partial charge in [-0.3, -0.25) is 14.3 Å². The van der Waals surface area contributed by atoms with E-state index < -0.39 is 0 Å². The molecule has 7 heteroatoms. The zero-order chi connectivity index (χ0) is 21.3. The van der Waals surface area contributed by atoms with Gasteiger partial charge < -0.3 is 5.32 Å². The first-order valence-electron chi connectivity index (χ1n) is 10.2. The van der Waals surface area contributed by atoms with Crippen LogP contribution in [-0.4, -0.2) is 38.0 Å². The average molecular weight is 430 g/mol. The van der Waals surface area contributed by atoms with Crippen LogP contribution in [0, 0.1) is 0 Å². The Bertz CT molecular complexity index is 1100. The van der Waals surface area contributed by atoms with Gasteiger partial charge in [0, 0.05) is 30.2 Å². The van der Waals surface area contributed by atoms with Crippen molar-refractivity contribution in [2.45, 2.75) is 18.0 Å². The molecule has 156 valence electrons. The van der Waals surface area contributed by atoms with Crippen molar-refractivity contribution in [1.29, 1.82) is 0 Å². The maximum Gasteiger partial charge on any atom is 0.230 e. The third-order valence-corrected chi connectivity index (χ3v) is 5.64. The predicted molar refractivity (Wildman–Crippen MR) is 123 cm³/mol. The van der Waals surface area contributed by atoms with Crippen LogP contribution in [0.3, 0.4) is 0 Å². The van der Waals surface area contributed by atoms with Crippen molar-refractivity contribution in [2.24, 2.45) is 0 Å². The highest BCUT2D eigenvalue weighted by Crippen LogP contribution is 2.27. The lowest BCUT2D eigenvalue weighted by molar-refractivity contribution is -0.118. The number of benzene rings is 2. The number of pyridine rings is 1. The number of thioether (sulfide) groups is 1.